The zero-order valence-corrected chi connectivity index (χ0v) is 8.65. The van der Waals surface area contributed by atoms with Gasteiger partial charge in [0.05, 0.1) is 0 Å². The van der Waals surface area contributed by atoms with Crippen LogP contribution in [0.15, 0.2) is 41.4 Å². The molecule has 1 heterocycles. The first-order chi connectivity index (χ1) is 8.22. The fourth-order valence-corrected chi connectivity index (χ4v) is 1.64. The maximum absolute atomic E-state index is 13.1. The maximum Gasteiger partial charge on any atom is 0.155 e. The van der Waals surface area contributed by atoms with Crippen LogP contribution in [0.5, 0.6) is 11.5 Å². The molecule has 0 N–H and O–H groups in total. The van der Waals surface area contributed by atoms with Gasteiger partial charge in [-0.15, -0.1) is 0 Å². The Bertz CT molecular complexity index is 569. The van der Waals surface area contributed by atoms with Crippen LogP contribution in [0, 0.1) is 11.6 Å². The van der Waals surface area contributed by atoms with E-state index in [1.165, 1.54) is 30.3 Å². The monoisotopic (exact) mass is 231 g/mol. The average Bonchev–Trinajstić information content (AvgIpc) is 2.46. The van der Waals surface area contributed by atoms with Crippen molar-refractivity contribution < 1.29 is 13.5 Å². The molecule has 84 valence electrons. The highest BCUT2D eigenvalue weighted by Crippen LogP contribution is 2.36. The highest BCUT2D eigenvalue weighted by Gasteiger charge is 2.13. The predicted octanol–water partition coefficient (Wildman–Crippen LogP) is 3.82. The first-order valence-electron chi connectivity index (χ1n) is 5.03. The fourth-order valence-electron chi connectivity index (χ4n) is 1.64. The lowest BCUT2D eigenvalue weighted by Gasteiger charge is -2.07. The van der Waals surface area contributed by atoms with E-state index in [1.807, 2.05) is 0 Å². The molecule has 0 saturated carbocycles. The summed E-state index contributed by atoms with van der Waals surface area (Å²) in [6.07, 6.45) is 1.57. The molecule has 0 aliphatic carbocycles. The number of hydrogen-bond donors (Lipinski definition) is 0. The van der Waals surface area contributed by atoms with Gasteiger partial charge in [0, 0.05) is 23.9 Å². The van der Waals surface area contributed by atoms with Crippen molar-refractivity contribution in [1.82, 2.24) is 0 Å². The Hall–Kier alpha value is -2.23. The highest BCUT2D eigenvalue weighted by molar-refractivity contribution is 5.87. The molecule has 0 radical (unpaired) electrons. The van der Waals surface area contributed by atoms with E-state index in [1.54, 1.807) is 12.3 Å². The summed E-state index contributed by atoms with van der Waals surface area (Å²) in [5.74, 6) is -0.209. The third kappa shape index (κ3) is 1.78. The summed E-state index contributed by atoms with van der Waals surface area (Å²) in [6.45, 7) is 0. The van der Waals surface area contributed by atoms with Crippen molar-refractivity contribution >= 4 is 11.9 Å². The van der Waals surface area contributed by atoms with Crippen molar-refractivity contribution in [2.24, 2.45) is 4.99 Å². The molecule has 0 amide bonds. The molecule has 3 rings (SSSR count). The smallest absolute Gasteiger partial charge is 0.155 e. The Labute approximate surface area is 96.2 Å². The van der Waals surface area contributed by atoms with E-state index < -0.39 is 11.6 Å². The van der Waals surface area contributed by atoms with Crippen LogP contribution < -0.4 is 4.74 Å². The van der Waals surface area contributed by atoms with Gasteiger partial charge in [-0.3, -0.25) is 4.99 Å². The Kier molecular flexibility index (Phi) is 2.14. The van der Waals surface area contributed by atoms with Crippen LogP contribution in [-0.4, -0.2) is 6.21 Å². The van der Waals surface area contributed by atoms with Gasteiger partial charge in [-0.1, -0.05) is 0 Å². The molecule has 4 heteroatoms. The van der Waals surface area contributed by atoms with E-state index >= 15 is 0 Å². The maximum atomic E-state index is 13.1. The zero-order chi connectivity index (χ0) is 11.8. The number of ether oxygens (including phenoxy) is 1. The molecular formula is C13H7F2NO. The van der Waals surface area contributed by atoms with Crippen LogP contribution in [0.2, 0.25) is 0 Å². The van der Waals surface area contributed by atoms with Gasteiger partial charge in [0.25, 0.3) is 0 Å². The van der Waals surface area contributed by atoms with Crippen LogP contribution in [0.3, 0.4) is 0 Å². The molecule has 1 aliphatic heterocycles. The Morgan fingerprint density at radius 2 is 1.59 bits per heavy atom. The second-order valence-corrected chi connectivity index (χ2v) is 3.65. The molecule has 0 unspecified atom stereocenters. The number of nitrogens with zero attached hydrogens (tertiary/aromatic N) is 1. The minimum atomic E-state index is -0.418. The summed E-state index contributed by atoms with van der Waals surface area (Å²) in [4.78, 5) is 4.16. The lowest BCUT2D eigenvalue weighted by Crippen LogP contribution is -1.89. The number of rotatable bonds is 0. The highest BCUT2D eigenvalue weighted by atomic mass is 19.1. The number of halogens is 2. The van der Waals surface area contributed by atoms with Gasteiger partial charge in [-0.2, -0.15) is 0 Å². The quantitative estimate of drug-likeness (QED) is 0.576. The SMILES string of the molecule is Fc1ccc2c(c1)Oc1cc(F)ccc1N=C2. The molecule has 0 spiro atoms. The predicted molar refractivity (Wildman–Crippen MR) is 60.1 cm³/mol. The van der Waals surface area contributed by atoms with E-state index in [4.69, 9.17) is 4.74 Å². The first kappa shape index (κ1) is 9.96. The molecule has 0 atom stereocenters. The number of benzene rings is 2. The first-order valence-corrected chi connectivity index (χ1v) is 5.03. The minimum Gasteiger partial charge on any atom is -0.454 e. The van der Waals surface area contributed by atoms with Gasteiger partial charge in [0.2, 0.25) is 0 Å². The standard InChI is InChI=1S/C13H7F2NO/c14-9-2-1-8-7-16-11-4-3-10(15)6-13(11)17-12(8)5-9/h1-7H. The Morgan fingerprint density at radius 1 is 0.882 bits per heavy atom. The van der Waals surface area contributed by atoms with Gasteiger partial charge in [-0.05, 0) is 24.3 Å². The average molecular weight is 231 g/mol. The molecule has 17 heavy (non-hydrogen) atoms. The number of aliphatic imine (C=N–C) groups is 1. The zero-order valence-electron chi connectivity index (χ0n) is 8.65. The van der Waals surface area contributed by atoms with Gasteiger partial charge in [0.1, 0.15) is 23.1 Å². The van der Waals surface area contributed by atoms with Crippen molar-refractivity contribution in [3.05, 3.63) is 53.6 Å². The summed E-state index contributed by atoms with van der Waals surface area (Å²) >= 11 is 0. The molecule has 2 nitrogen and oxygen atoms in total. The minimum absolute atomic E-state index is 0.283. The lowest BCUT2D eigenvalue weighted by atomic mass is 10.2. The van der Waals surface area contributed by atoms with Gasteiger partial charge >= 0.3 is 0 Å². The second kappa shape index (κ2) is 3.66. The second-order valence-electron chi connectivity index (χ2n) is 3.65. The molecule has 0 fully saturated rings. The lowest BCUT2D eigenvalue weighted by molar-refractivity contribution is 0.473. The number of hydrogen-bond acceptors (Lipinski definition) is 2. The molecular weight excluding hydrogens is 224 g/mol. The van der Waals surface area contributed by atoms with Crippen molar-refractivity contribution in [2.45, 2.75) is 0 Å². The Balaban J connectivity index is 2.17. The molecule has 1 aliphatic rings. The van der Waals surface area contributed by atoms with Crippen molar-refractivity contribution in [3.8, 4) is 11.5 Å². The van der Waals surface area contributed by atoms with Gasteiger partial charge < -0.3 is 4.74 Å². The van der Waals surface area contributed by atoms with Crippen LogP contribution in [-0.2, 0) is 0 Å². The van der Waals surface area contributed by atoms with Crippen LogP contribution in [0.25, 0.3) is 0 Å². The van der Waals surface area contributed by atoms with Gasteiger partial charge in [-0.25, -0.2) is 8.78 Å². The number of fused-ring (bicyclic) bond motifs is 2. The summed E-state index contributed by atoms with van der Waals surface area (Å²) in [5.41, 5.74) is 1.17. The van der Waals surface area contributed by atoms with Crippen LogP contribution >= 0.6 is 0 Å². The molecule has 2 aromatic carbocycles. The molecule has 0 aromatic heterocycles. The molecule has 0 saturated heterocycles. The van der Waals surface area contributed by atoms with E-state index in [-0.39, 0.29) is 5.75 Å². The van der Waals surface area contributed by atoms with E-state index in [9.17, 15) is 8.78 Å². The van der Waals surface area contributed by atoms with Crippen LogP contribution in [0.1, 0.15) is 5.56 Å². The fraction of sp³-hybridized carbons (Fsp3) is 0. The van der Waals surface area contributed by atoms with Gasteiger partial charge in [0.15, 0.2) is 5.75 Å². The summed E-state index contributed by atoms with van der Waals surface area (Å²) < 4.78 is 31.6. The summed E-state index contributed by atoms with van der Waals surface area (Å²) in [5, 5.41) is 0. The van der Waals surface area contributed by atoms with Crippen LogP contribution in [0.4, 0.5) is 14.5 Å². The third-order valence-electron chi connectivity index (χ3n) is 2.46. The van der Waals surface area contributed by atoms with Crippen molar-refractivity contribution in [2.75, 3.05) is 0 Å². The Morgan fingerprint density at radius 3 is 2.41 bits per heavy atom. The van der Waals surface area contributed by atoms with Crippen molar-refractivity contribution in [1.29, 1.82) is 0 Å². The topological polar surface area (TPSA) is 21.6 Å². The summed E-state index contributed by atoms with van der Waals surface area (Å²) in [6, 6.07) is 8.19. The molecule has 2 aromatic rings. The largest absolute Gasteiger partial charge is 0.454 e. The van der Waals surface area contributed by atoms with E-state index in [0.717, 1.165) is 0 Å². The van der Waals surface area contributed by atoms with E-state index in [0.29, 0.717) is 17.0 Å². The third-order valence-corrected chi connectivity index (χ3v) is 2.46. The van der Waals surface area contributed by atoms with Crippen molar-refractivity contribution in [3.63, 3.8) is 0 Å². The van der Waals surface area contributed by atoms with E-state index in [2.05, 4.69) is 4.99 Å². The molecule has 0 bridgehead atoms. The normalized spacial score (nSPS) is 12.4. The summed E-state index contributed by atoms with van der Waals surface area (Å²) in [7, 11) is 0.